The minimum atomic E-state index is -0.0516. The van der Waals surface area contributed by atoms with Crippen LogP contribution in [-0.2, 0) is 11.3 Å². The van der Waals surface area contributed by atoms with E-state index in [2.05, 4.69) is 37.5 Å². The quantitative estimate of drug-likeness (QED) is 0.104. The fourth-order valence-corrected chi connectivity index (χ4v) is 7.19. The molecule has 0 spiro atoms. The molecule has 2 heterocycles. The standard InChI is InChI=1S/C38H46ClN5O3S/c1-5-6-20-44(3,4)21-18-40-38(46)30-12-7-11-29(24-30)26-42-27-31(25-41-42)32-13-8-15-34-37(32)48-23-19-43(34)36(45)17-10-22-47-35-16-9-14-33(39)28(35)2/h7-9,11-16,24-25,27H,5-6,10,17-23,26H2,1-4H3/p+1. The molecule has 2 amide bonds. The first-order valence-electron chi connectivity index (χ1n) is 16.8. The highest BCUT2D eigenvalue weighted by atomic mass is 35.5. The third kappa shape index (κ3) is 9.21. The molecule has 0 unspecified atom stereocenters. The van der Waals surface area contributed by atoms with Gasteiger partial charge in [0.05, 0.1) is 58.8 Å². The number of amides is 2. The fourth-order valence-electron chi connectivity index (χ4n) is 5.88. The van der Waals surface area contributed by atoms with Crippen LogP contribution in [0, 0.1) is 6.92 Å². The lowest BCUT2D eigenvalue weighted by Crippen LogP contribution is -2.45. The molecule has 0 radical (unpaired) electrons. The van der Waals surface area contributed by atoms with E-state index in [1.165, 1.54) is 12.8 Å². The molecule has 4 aromatic rings. The molecule has 5 rings (SSSR count). The molecule has 1 aromatic heterocycles. The van der Waals surface area contributed by atoms with Gasteiger partial charge in [-0.05, 0) is 55.7 Å². The average molecular weight is 689 g/mol. The summed E-state index contributed by atoms with van der Waals surface area (Å²) in [5, 5.41) is 8.42. The molecule has 1 N–H and O–H groups in total. The zero-order valence-electron chi connectivity index (χ0n) is 28.5. The Morgan fingerprint density at radius 3 is 2.71 bits per heavy atom. The van der Waals surface area contributed by atoms with Crippen molar-refractivity contribution < 1.29 is 18.8 Å². The lowest BCUT2D eigenvalue weighted by Gasteiger charge is -2.30. The molecule has 0 atom stereocenters. The maximum atomic E-state index is 13.4. The van der Waals surface area contributed by atoms with E-state index in [1.807, 2.05) is 83.5 Å². The van der Waals surface area contributed by atoms with Crippen LogP contribution in [0.15, 0.2) is 78.0 Å². The maximum absolute atomic E-state index is 13.4. The number of likely N-dealkylation sites (N-methyl/N-ethyl adjacent to an activating group) is 1. The van der Waals surface area contributed by atoms with E-state index in [0.717, 1.165) is 61.9 Å². The SMILES string of the molecule is CCCC[N+](C)(C)CCNC(=O)c1cccc(Cn2cc(-c3cccc4c3SCCN4C(=O)CCCOc3cccc(Cl)c3C)cn2)c1. The molecule has 0 saturated carbocycles. The van der Waals surface area contributed by atoms with E-state index in [9.17, 15) is 9.59 Å². The highest BCUT2D eigenvalue weighted by Crippen LogP contribution is 2.42. The van der Waals surface area contributed by atoms with Gasteiger partial charge >= 0.3 is 0 Å². The topological polar surface area (TPSA) is 76.5 Å². The van der Waals surface area contributed by atoms with E-state index in [0.29, 0.717) is 49.7 Å². The molecule has 10 heteroatoms. The Bertz CT molecular complexity index is 1720. The van der Waals surface area contributed by atoms with Gasteiger partial charge in [-0.2, -0.15) is 5.10 Å². The van der Waals surface area contributed by atoms with E-state index >= 15 is 0 Å². The molecule has 0 aliphatic carbocycles. The molecule has 3 aromatic carbocycles. The molecule has 0 bridgehead atoms. The molecular weight excluding hydrogens is 642 g/mol. The van der Waals surface area contributed by atoms with Gasteiger partial charge in [-0.25, -0.2) is 0 Å². The van der Waals surface area contributed by atoms with Gasteiger partial charge in [0.15, 0.2) is 0 Å². The normalized spacial score (nSPS) is 12.9. The highest BCUT2D eigenvalue weighted by molar-refractivity contribution is 7.99. The minimum absolute atomic E-state index is 0.0516. The number of anilines is 1. The first-order valence-corrected chi connectivity index (χ1v) is 18.2. The summed E-state index contributed by atoms with van der Waals surface area (Å²) < 4.78 is 8.71. The second-order valence-electron chi connectivity index (χ2n) is 13.0. The molecule has 0 fully saturated rings. The summed E-state index contributed by atoms with van der Waals surface area (Å²) in [7, 11) is 4.42. The number of thioether (sulfide) groups is 1. The van der Waals surface area contributed by atoms with Crippen LogP contribution < -0.4 is 15.0 Å². The number of hydrogen-bond acceptors (Lipinski definition) is 5. The van der Waals surface area contributed by atoms with E-state index in [4.69, 9.17) is 16.3 Å². The van der Waals surface area contributed by atoms with Crippen LogP contribution in [0.3, 0.4) is 0 Å². The van der Waals surface area contributed by atoms with Gasteiger partial charge in [0, 0.05) is 57.1 Å². The number of fused-ring (bicyclic) bond motifs is 1. The summed E-state index contributed by atoms with van der Waals surface area (Å²) in [5.41, 5.74) is 5.58. The van der Waals surface area contributed by atoms with Crippen molar-refractivity contribution >= 4 is 40.9 Å². The van der Waals surface area contributed by atoms with Gasteiger partial charge in [0.1, 0.15) is 5.75 Å². The first kappa shape index (κ1) is 35.5. The molecule has 254 valence electrons. The Kier molecular flexibility index (Phi) is 12.2. The zero-order chi connectivity index (χ0) is 34.1. The molecule has 8 nitrogen and oxygen atoms in total. The Morgan fingerprint density at radius 1 is 1.06 bits per heavy atom. The number of quaternary nitrogens is 1. The largest absolute Gasteiger partial charge is 0.493 e. The van der Waals surface area contributed by atoms with Crippen LogP contribution in [0.25, 0.3) is 11.1 Å². The summed E-state index contributed by atoms with van der Waals surface area (Å²) in [4.78, 5) is 29.3. The van der Waals surface area contributed by atoms with Crippen molar-refractivity contribution in [2.24, 2.45) is 0 Å². The second-order valence-corrected chi connectivity index (χ2v) is 14.5. The van der Waals surface area contributed by atoms with Gasteiger partial charge in [-0.15, -0.1) is 11.8 Å². The monoisotopic (exact) mass is 688 g/mol. The molecular formula is C38H47ClN5O3S+. The van der Waals surface area contributed by atoms with Crippen molar-refractivity contribution in [3.05, 3.63) is 94.8 Å². The van der Waals surface area contributed by atoms with Crippen LogP contribution in [0.1, 0.15) is 54.1 Å². The van der Waals surface area contributed by atoms with Crippen LogP contribution in [0.4, 0.5) is 5.69 Å². The van der Waals surface area contributed by atoms with Gasteiger partial charge in [0.2, 0.25) is 5.91 Å². The van der Waals surface area contributed by atoms with Gasteiger partial charge < -0.3 is 19.4 Å². The van der Waals surface area contributed by atoms with E-state index in [1.54, 1.807) is 11.8 Å². The number of hydrogen-bond donors (Lipinski definition) is 1. The Labute approximate surface area is 294 Å². The first-order chi connectivity index (χ1) is 23.1. The molecule has 1 aliphatic heterocycles. The van der Waals surface area contributed by atoms with Gasteiger partial charge in [-0.3, -0.25) is 14.3 Å². The number of rotatable bonds is 15. The summed E-state index contributed by atoms with van der Waals surface area (Å²) in [6.45, 7) is 8.45. The third-order valence-electron chi connectivity index (χ3n) is 8.76. The van der Waals surface area contributed by atoms with Crippen molar-refractivity contribution in [3.63, 3.8) is 0 Å². The highest BCUT2D eigenvalue weighted by Gasteiger charge is 2.25. The minimum Gasteiger partial charge on any atom is -0.493 e. The molecule has 0 saturated heterocycles. The molecule has 1 aliphatic rings. The smallest absolute Gasteiger partial charge is 0.251 e. The fraction of sp³-hybridized carbons (Fsp3) is 0.395. The average Bonchev–Trinajstić information content (AvgIpc) is 3.55. The van der Waals surface area contributed by atoms with Crippen molar-refractivity contribution in [1.82, 2.24) is 15.1 Å². The summed E-state index contributed by atoms with van der Waals surface area (Å²) in [5.74, 6) is 1.63. The number of carbonyl (C=O) groups is 2. The summed E-state index contributed by atoms with van der Waals surface area (Å²) >= 11 is 7.99. The van der Waals surface area contributed by atoms with Crippen molar-refractivity contribution in [2.45, 2.75) is 51.0 Å². The van der Waals surface area contributed by atoms with Crippen molar-refractivity contribution in [3.8, 4) is 16.9 Å². The van der Waals surface area contributed by atoms with Crippen LogP contribution in [0.5, 0.6) is 5.75 Å². The lowest BCUT2D eigenvalue weighted by atomic mass is 10.1. The maximum Gasteiger partial charge on any atom is 0.251 e. The predicted molar refractivity (Wildman–Crippen MR) is 196 cm³/mol. The van der Waals surface area contributed by atoms with Crippen LogP contribution in [0.2, 0.25) is 5.02 Å². The van der Waals surface area contributed by atoms with Crippen LogP contribution in [-0.4, -0.2) is 78.7 Å². The number of aromatic nitrogens is 2. The number of nitrogens with zero attached hydrogens (tertiary/aromatic N) is 4. The van der Waals surface area contributed by atoms with E-state index in [-0.39, 0.29) is 11.8 Å². The molecule has 48 heavy (non-hydrogen) atoms. The zero-order valence-corrected chi connectivity index (χ0v) is 30.1. The number of unbranched alkanes of at least 4 members (excludes halogenated alkanes) is 1. The van der Waals surface area contributed by atoms with E-state index < -0.39 is 0 Å². The van der Waals surface area contributed by atoms with Crippen molar-refractivity contribution in [2.75, 3.05) is 57.5 Å². The predicted octanol–water partition coefficient (Wildman–Crippen LogP) is 7.46. The Morgan fingerprint density at radius 2 is 1.88 bits per heavy atom. The van der Waals surface area contributed by atoms with Gasteiger partial charge in [-0.1, -0.05) is 55.3 Å². The van der Waals surface area contributed by atoms with Gasteiger partial charge in [0.25, 0.3) is 5.91 Å². The number of benzene rings is 3. The lowest BCUT2D eigenvalue weighted by molar-refractivity contribution is -0.889. The Balaban J connectivity index is 1.19. The number of nitrogens with one attached hydrogen (secondary N) is 1. The number of carbonyl (C=O) groups excluding carboxylic acids is 2. The second kappa shape index (κ2) is 16.5. The third-order valence-corrected chi connectivity index (χ3v) is 10.3. The van der Waals surface area contributed by atoms with Crippen LogP contribution >= 0.6 is 23.4 Å². The summed E-state index contributed by atoms with van der Waals surface area (Å²) in [6.07, 6.45) is 7.30. The number of ether oxygens (including phenoxy) is 1. The number of halogens is 1. The Hall–Kier alpha value is -3.79. The summed E-state index contributed by atoms with van der Waals surface area (Å²) in [6, 6.07) is 19.5. The van der Waals surface area contributed by atoms with Crippen molar-refractivity contribution in [1.29, 1.82) is 0 Å².